The van der Waals surface area contributed by atoms with Crippen LogP contribution in [-0.4, -0.2) is 22.8 Å². The van der Waals surface area contributed by atoms with E-state index in [-0.39, 0.29) is 30.0 Å². The van der Waals surface area contributed by atoms with Gasteiger partial charge in [-0.05, 0) is 32.4 Å². The van der Waals surface area contributed by atoms with Crippen molar-refractivity contribution < 1.29 is 0 Å². The van der Waals surface area contributed by atoms with E-state index in [1.807, 2.05) is 36.9 Å². The molecule has 0 bridgehead atoms. The van der Waals surface area contributed by atoms with Crippen LogP contribution >= 0.6 is 39.9 Å². The highest BCUT2D eigenvalue weighted by Gasteiger charge is 2.13. The van der Waals surface area contributed by atoms with Crippen LogP contribution in [0.2, 0.25) is 0 Å². The van der Waals surface area contributed by atoms with Crippen LogP contribution in [0, 0.1) is 13.8 Å². The van der Waals surface area contributed by atoms with Crippen molar-refractivity contribution in [2.45, 2.75) is 33.4 Å². The smallest absolute Gasteiger partial charge is 0.191 e. The molecule has 24 heavy (non-hydrogen) atoms. The van der Waals surface area contributed by atoms with E-state index in [4.69, 9.17) is 0 Å². The Hall–Kier alpha value is -1.09. The molecule has 2 aromatic rings. The molecule has 132 valence electrons. The SMILES string of the molecule is CN=C(NCc1c(C)nn(C)c1C)NC(C)c1ccccc1Br.I. The molecule has 0 amide bonds. The van der Waals surface area contributed by atoms with E-state index >= 15 is 0 Å². The zero-order valence-corrected chi connectivity index (χ0v) is 18.6. The van der Waals surface area contributed by atoms with E-state index in [2.05, 4.69) is 56.6 Å². The maximum absolute atomic E-state index is 4.44. The fourth-order valence-corrected chi connectivity index (χ4v) is 3.18. The van der Waals surface area contributed by atoms with Gasteiger partial charge in [0, 0.05) is 36.4 Å². The van der Waals surface area contributed by atoms with E-state index in [0.717, 1.165) is 16.1 Å². The van der Waals surface area contributed by atoms with E-state index in [1.165, 1.54) is 16.8 Å². The standard InChI is InChI=1S/C17H24BrN5.HI/c1-11(14-8-6-7-9-16(14)18)21-17(19-4)20-10-15-12(2)22-23(5)13(15)3;/h6-9,11H,10H2,1-5H3,(H2,19,20,21);1H. The zero-order valence-electron chi connectivity index (χ0n) is 14.7. The fourth-order valence-electron chi connectivity index (χ4n) is 2.55. The molecule has 1 unspecified atom stereocenters. The van der Waals surface area contributed by atoms with Crippen molar-refractivity contribution in [1.29, 1.82) is 0 Å². The van der Waals surface area contributed by atoms with Crippen molar-refractivity contribution in [1.82, 2.24) is 20.4 Å². The third-order valence-electron chi connectivity index (χ3n) is 4.04. The molecule has 1 atom stereocenters. The summed E-state index contributed by atoms with van der Waals surface area (Å²) in [6.45, 7) is 6.93. The maximum Gasteiger partial charge on any atom is 0.191 e. The Labute approximate surface area is 169 Å². The first kappa shape index (κ1) is 21.0. The van der Waals surface area contributed by atoms with Crippen LogP contribution in [-0.2, 0) is 13.6 Å². The molecule has 2 rings (SSSR count). The highest BCUT2D eigenvalue weighted by Crippen LogP contribution is 2.22. The van der Waals surface area contributed by atoms with Crippen molar-refractivity contribution in [2.75, 3.05) is 7.05 Å². The molecule has 7 heteroatoms. The Morgan fingerprint density at radius 2 is 2.00 bits per heavy atom. The summed E-state index contributed by atoms with van der Waals surface area (Å²) in [7, 11) is 3.75. The number of aliphatic imine (C=N–C) groups is 1. The van der Waals surface area contributed by atoms with Crippen LogP contribution in [0.1, 0.15) is 35.5 Å². The lowest BCUT2D eigenvalue weighted by atomic mass is 10.1. The quantitative estimate of drug-likeness (QED) is 0.377. The second kappa shape index (κ2) is 9.41. The molecule has 0 saturated carbocycles. The summed E-state index contributed by atoms with van der Waals surface area (Å²) >= 11 is 3.59. The summed E-state index contributed by atoms with van der Waals surface area (Å²) in [4.78, 5) is 4.32. The lowest BCUT2D eigenvalue weighted by Gasteiger charge is -2.19. The maximum atomic E-state index is 4.44. The van der Waals surface area contributed by atoms with Crippen LogP contribution in [0.15, 0.2) is 33.7 Å². The number of nitrogens with one attached hydrogen (secondary N) is 2. The summed E-state index contributed by atoms with van der Waals surface area (Å²) < 4.78 is 3.00. The molecular formula is C17H25BrIN5. The predicted molar refractivity (Wildman–Crippen MR) is 114 cm³/mol. The Balaban J connectivity index is 0.00000288. The number of hydrogen-bond donors (Lipinski definition) is 2. The highest BCUT2D eigenvalue weighted by atomic mass is 127. The molecule has 0 aliphatic carbocycles. The van der Waals surface area contributed by atoms with Crippen LogP contribution < -0.4 is 10.6 Å². The van der Waals surface area contributed by atoms with E-state index < -0.39 is 0 Å². The van der Waals surface area contributed by atoms with Crippen LogP contribution in [0.4, 0.5) is 0 Å². The van der Waals surface area contributed by atoms with Crippen LogP contribution in [0.25, 0.3) is 0 Å². The number of nitrogens with zero attached hydrogens (tertiary/aromatic N) is 3. The predicted octanol–water partition coefficient (Wildman–Crippen LogP) is 3.84. The Morgan fingerprint density at radius 1 is 1.33 bits per heavy atom. The van der Waals surface area contributed by atoms with Crippen LogP contribution in [0.5, 0.6) is 0 Å². The number of benzene rings is 1. The minimum absolute atomic E-state index is 0. The van der Waals surface area contributed by atoms with Gasteiger partial charge in [0.25, 0.3) is 0 Å². The fraction of sp³-hybridized carbons (Fsp3) is 0.412. The second-order valence-electron chi connectivity index (χ2n) is 5.59. The average molecular weight is 506 g/mol. The topological polar surface area (TPSA) is 54.2 Å². The molecule has 5 nitrogen and oxygen atoms in total. The van der Waals surface area contributed by atoms with Gasteiger partial charge in [0.1, 0.15) is 0 Å². The van der Waals surface area contributed by atoms with Crippen molar-refractivity contribution in [3.63, 3.8) is 0 Å². The molecular weight excluding hydrogens is 481 g/mol. The van der Waals surface area contributed by atoms with Gasteiger partial charge in [0.15, 0.2) is 5.96 Å². The number of hydrogen-bond acceptors (Lipinski definition) is 2. The first-order chi connectivity index (χ1) is 10.9. The lowest BCUT2D eigenvalue weighted by molar-refractivity contribution is 0.681. The zero-order chi connectivity index (χ0) is 17.0. The van der Waals surface area contributed by atoms with E-state index in [1.54, 1.807) is 7.05 Å². The van der Waals surface area contributed by atoms with Gasteiger partial charge in [0.05, 0.1) is 11.7 Å². The normalized spacial score (nSPS) is 12.5. The first-order valence-electron chi connectivity index (χ1n) is 7.64. The molecule has 0 aliphatic heterocycles. The minimum Gasteiger partial charge on any atom is -0.352 e. The van der Waals surface area contributed by atoms with Gasteiger partial charge in [-0.25, -0.2) is 0 Å². The van der Waals surface area contributed by atoms with Gasteiger partial charge in [-0.1, -0.05) is 34.1 Å². The number of guanidine groups is 1. The molecule has 1 heterocycles. The van der Waals surface area contributed by atoms with Gasteiger partial charge >= 0.3 is 0 Å². The third kappa shape index (κ3) is 4.95. The molecule has 0 radical (unpaired) electrons. The van der Waals surface area contributed by atoms with Gasteiger partial charge in [-0.3, -0.25) is 9.67 Å². The van der Waals surface area contributed by atoms with Gasteiger partial charge < -0.3 is 10.6 Å². The molecule has 0 aliphatic rings. The monoisotopic (exact) mass is 505 g/mol. The van der Waals surface area contributed by atoms with Crippen LogP contribution in [0.3, 0.4) is 0 Å². The summed E-state index contributed by atoms with van der Waals surface area (Å²) in [6, 6.07) is 8.35. The van der Waals surface area contributed by atoms with Gasteiger partial charge in [-0.15, -0.1) is 24.0 Å². The average Bonchev–Trinajstić information content (AvgIpc) is 2.77. The molecule has 1 aromatic heterocycles. The third-order valence-corrected chi connectivity index (χ3v) is 4.76. The number of aromatic nitrogens is 2. The van der Waals surface area contributed by atoms with Crippen molar-refractivity contribution >= 4 is 45.9 Å². The van der Waals surface area contributed by atoms with Crippen molar-refractivity contribution in [2.24, 2.45) is 12.0 Å². The van der Waals surface area contributed by atoms with Gasteiger partial charge in [0.2, 0.25) is 0 Å². The number of rotatable bonds is 4. The first-order valence-corrected chi connectivity index (χ1v) is 8.44. The molecule has 0 spiro atoms. The molecule has 0 saturated heterocycles. The second-order valence-corrected chi connectivity index (χ2v) is 6.44. The molecule has 0 fully saturated rings. The lowest BCUT2D eigenvalue weighted by Crippen LogP contribution is -2.38. The summed E-state index contributed by atoms with van der Waals surface area (Å²) in [5.41, 5.74) is 4.63. The van der Waals surface area contributed by atoms with Crippen molar-refractivity contribution in [3.05, 3.63) is 51.3 Å². The summed E-state index contributed by atoms with van der Waals surface area (Å²) in [5, 5.41) is 11.2. The number of aryl methyl sites for hydroxylation is 2. The van der Waals surface area contributed by atoms with Gasteiger partial charge in [-0.2, -0.15) is 5.10 Å². The largest absolute Gasteiger partial charge is 0.352 e. The van der Waals surface area contributed by atoms with E-state index in [0.29, 0.717) is 6.54 Å². The Bertz CT molecular complexity index is 711. The molecule has 1 aromatic carbocycles. The number of halogens is 2. The summed E-state index contributed by atoms with van der Waals surface area (Å²) in [6.07, 6.45) is 0. The Morgan fingerprint density at radius 3 is 2.54 bits per heavy atom. The summed E-state index contributed by atoms with van der Waals surface area (Å²) in [5.74, 6) is 0.774. The Kier molecular flexibility index (Phi) is 8.21. The highest BCUT2D eigenvalue weighted by molar-refractivity contribution is 14.0. The van der Waals surface area contributed by atoms with E-state index in [9.17, 15) is 0 Å². The minimum atomic E-state index is 0. The van der Waals surface area contributed by atoms with Crippen molar-refractivity contribution in [3.8, 4) is 0 Å². The molecule has 2 N–H and O–H groups in total.